The first kappa shape index (κ1) is 17.5. The molecule has 0 heterocycles. The normalized spacial score (nSPS) is 25.6. The van der Waals surface area contributed by atoms with Gasteiger partial charge in [0.25, 0.3) is 0 Å². The molecule has 0 bridgehead atoms. The number of amides is 1. The van der Waals surface area contributed by atoms with Crippen LogP contribution >= 0.6 is 0 Å². The molecule has 0 saturated heterocycles. The molecule has 3 heteroatoms. The van der Waals surface area contributed by atoms with Gasteiger partial charge in [-0.1, -0.05) is 41.0 Å². The Labute approximate surface area is 125 Å². The topological polar surface area (TPSA) is 55.1 Å². The van der Waals surface area contributed by atoms with Crippen molar-refractivity contribution in [2.45, 2.75) is 85.2 Å². The molecule has 1 saturated carbocycles. The Hall–Kier alpha value is -0.570. The van der Waals surface area contributed by atoms with Crippen LogP contribution in [-0.2, 0) is 4.79 Å². The molecule has 3 N–H and O–H groups in total. The van der Waals surface area contributed by atoms with Gasteiger partial charge in [-0.3, -0.25) is 4.79 Å². The first-order valence-electron chi connectivity index (χ1n) is 8.26. The Balaban J connectivity index is 2.57. The van der Waals surface area contributed by atoms with Gasteiger partial charge in [-0.05, 0) is 43.4 Å². The highest BCUT2D eigenvalue weighted by Crippen LogP contribution is 2.27. The molecule has 0 aromatic heterocycles. The van der Waals surface area contributed by atoms with E-state index in [-0.39, 0.29) is 29.3 Å². The van der Waals surface area contributed by atoms with E-state index < -0.39 is 0 Å². The zero-order valence-corrected chi connectivity index (χ0v) is 14.0. The van der Waals surface area contributed by atoms with Crippen molar-refractivity contribution in [1.82, 2.24) is 5.32 Å². The molecule has 0 aromatic rings. The molecule has 1 aliphatic rings. The lowest BCUT2D eigenvalue weighted by atomic mass is 9.81. The second-order valence-corrected chi connectivity index (χ2v) is 8.02. The summed E-state index contributed by atoms with van der Waals surface area (Å²) in [6, 6.07) is 0.471. The second-order valence-electron chi connectivity index (χ2n) is 8.02. The Morgan fingerprint density at radius 2 is 1.90 bits per heavy atom. The van der Waals surface area contributed by atoms with Crippen molar-refractivity contribution in [2.24, 2.45) is 23.0 Å². The molecule has 3 atom stereocenters. The molecular weight excluding hydrogens is 248 g/mol. The standard InChI is InChI=1S/C17H34N2O/c1-12(2)9-10-15(17(3,4)5)19-16(20)13-7-6-8-14(18)11-13/h12-15H,6-11,18H2,1-5H3,(H,19,20). The average molecular weight is 282 g/mol. The monoisotopic (exact) mass is 282 g/mol. The lowest BCUT2D eigenvalue weighted by Crippen LogP contribution is -2.47. The first-order valence-corrected chi connectivity index (χ1v) is 8.26. The number of nitrogens with one attached hydrogen (secondary N) is 1. The van der Waals surface area contributed by atoms with Gasteiger partial charge in [0, 0.05) is 18.0 Å². The van der Waals surface area contributed by atoms with Crippen molar-refractivity contribution in [3.8, 4) is 0 Å². The van der Waals surface area contributed by atoms with Crippen molar-refractivity contribution in [3.63, 3.8) is 0 Å². The molecular formula is C17H34N2O. The Morgan fingerprint density at radius 1 is 1.25 bits per heavy atom. The summed E-state index contributed by atoms with van der Waals surface area (Å²) in [5.41, 5.74) is 6.11. The third-order valence-electron chi connectivity index (χ3n) is 4.48. The number of carbonyl (C=O) groups excluding carboxylic acids is 1. The van der Waals surface area contributed by atoms with Gasteiger partial charge in [0.15, 0.2) is 0 Å². The number of rotatable bonds is 5. The van der Waals surface area contributed by atoms with E-state index in [9.17, 15) is 4.79 Å². The predicted octanol–water partition coefficient (Wildman–Crippen LogP) is 3.47. The summed E-state index contributed by atoms with van der Waals surface area (Å²) in [4.78, 5) is 12.5. The lowest BCUT2D eigenvalue weighted by Gasteiger charge is -2.34. The molecule has 0 radical (unpaired) electrons. The summed E-state index contributed by atoms with van der Waals surface area (Å²) in [5, 5.41) is 3.31. The maximum absolute atomic E-state index is 12.5. The molecule has 0 aromatic carbocycles. The molecule has 1 fully saturated rings. The zero-order valence-electron chi connectivity index (χ0n) is 14.0. The van der Waals surface area contributed by atoms with Crippen LogP contribution in [0.4, 0.5) is 0 Å². The summed E-state index contributed by atoms with van der Waals surface area (Å²) < 4.78 is 0. The maximum Gasteiger partial charge on any atom is 0.223 e. The van der Waals surface area contributed by atoms with E-state index in [1.165, 1.54) is 0 Å². The molecule has 1 rings (SSSR count). The van der Waals surface area contributed by atoms with E-state index in [4.69, 9.17) is 5.73 Å². The van der Waals surface area contributed by atoms with Gasteiger partial charge in [0.05, 0.1) is 0 Å². The summed E-state index contributed by atoms with van der Waals surface area (Å²) in [7, 11) is 0. The molecule has 20 heavy (non-hydrogen) atoms. The van der Waals surface area contributed by atoms with Crippen LogP contribution in [0.15, 0.2) is 0 Å². The van der Waals surface area contributed by atoms with E-state index in [1.807, 2.05) is 0 Å². The summed E-state index contributed by atoms with van der Waals surface area (Å²) in [6.45, 7) is 11.1. The van der Waals surface area contributed by atoms with Gasteiger partial charge in [-0.15, -0.1) is 0 Å². The number of nitrogens with two attached hydrogens (primary N) is 1. The number of hydrogen-bond acceptors (Lipinski definition) is 2. The average Bonchev–Trinajstić information content (AvgIpc) is 2.32. The lowest BCUT2D eigenvalue weighted by molar-refractivity contribution is -0.127. The van der Waals surface area contributed by atoms with Gasteiger partial charge in [0.1, 0.15) is 0 Å². The van der Waals surface area contributed by atoms with Gasteiger partial charge in [-0.2, -0.15) is 0 Å². The molecule has 3 nitrogen and oxygen atoms in total. The van der Waals surface area contributed by atoms with Gasteiger partial charge >= 0.3 is 0 Å². The van der Waals surface area contributed by atoms with Gasteiger partial charge < -0.3 is 11.1 Å². The maximum atomic E-state index is 12.5. The highest BCUT2D eigenvalue weighted by molar-refractivity contribution is 5.79. The van der Waals surface area contributed by atoms with Crippen molar-refractivity contribution >= 4 is 5.91 Å². The van der Waals surface area contributed by atoms with Crippen LogP contribution in [-0.4, -0.2) is 18.0 Å². The van der Waals surface area contributed by atoms with Crippen molar-refractivity contribution in [1.29, 1.82) is 0 Å². The van der Waals surface area contributed by atoms with Crippen LogP contribution in [0.25, 0.3) is 0 Å². The molecule has 0 aliphatic heterocycles. The van der Waals surface area contributed by atoms with Crippen LogP contribution in [0, 0.1) is 17.3 Å². The zero-order chi connectivity index (χ0) is 15.3. The molecule has 3 unspecified atom stereocenters. The van der Waals surface area contributed by atoms with Crippen molar-refractivity contribution in [3.05, 3.63) is 0 Å². The predicted molar refractivity (Wildman–Crippen MR) is 85.4 cm³/mol. The highest BCUT2D eigenvalue weighted by atomic mass is 16.1. The van der Waals surface area contributed by atoms with E-state index in [1.54, 1.807) is 0 Å². The summed E-state index contributed by atoms with van der Waals surface area (Å²) in [5.74, 6) is 1.03. The largest absolute Gasteiger partial charge is 0.353 e. The minimum Gasteiger partial charge on any atom is -0.353 e. The van der Waals surface area contributed by atoms with E-state index >= 15 is 0 Å². The fraction of sp³-hybridized carbons (Fsp3) is 0.941. The van der Waals surface area contributed by atoms with Crippen molar-refractivity contribution < 1.29 is 4.79 Å². The van der Waals surface area contributed by atoms with E-state index in [0.717, 1.165) is 38.5 Å². The molecule has 1 amide bonds. The van der Waals surface area contributed by atoms with Crippen LogP contribution in [0.3, 0.4) is 0 Å². The smallest absolute Gasteiger partial charge is 0.223 e. The summed E-state index contributed by atoms with van der Waals surface area (Å²) >= 11 is 0. The Bertz CT molecular complexity index is 307. The number of carbonyl (C=O) groups is 1. The second kappa shape index (κ2) is 7.44. The number of hydrogen-bond donors (Lipinski definition) is 2. The minimum absolute atomic E-state index is 0.112. The first-order chi connectivity index (χ1) is 9.20. The van der Waals surface area contributed by atoms with Crippen LogP contribution in [0.2, 0.25) is 0 Å². The quantitative estimate of drug-likeness (QED) is 0.811. The molecule has 118 valence electrons. The minimum atomic E-state index is 0.112. The Morgan fingerprint density at radius 3 is 2.40 bits per heavy atom. The Kier molecular flexibility index (Phi) is 6.50. The third kappa shape index (κ3) is 5.82. The van der Waals surface area contributed by atoms with Gasteiger partial charge in [0.2, 0.25) is 5.91 Å². The fourth-order valence-corrected chi connectivity index (χ4v) is 2.98. The summed E-state index contributed by atoms with van der Waals surface area (Å²) in [6.07, 6.45) is 6.23. The SMILES string of the molecule is CC(C)CCC(NC(=O)C1CCCC(N)C1)C(C)(C)C. The van der Waals surface area contributed by atoms with Crippen LogP contribution in [0.5, 0.6) is 0 Å². The van der Waals surface area contributed by atoms with Gasteiger partial charge in [-0.25, -0.2) is 0 Å². The van der Waals surface area contributed by atoms with Crippen molar-refractivity contribution in [2.75, 3.05) is 0 Å². The molecule has 0 spiro atoms. The fourth-order valence-electron chi connectivity index (χ4n) is 2.98. The van der Waals surface area contributed by atoms with E-state index in [2.05, 4.69) is 39.9 Å². The highest BCUT2D eigenvalue weighted by Gasteiger charge is 2.30. The molecule has 1 aliphatic carbocycles. The van der Waals surface area contributed by atoms with E-state index in [0.29, 0.717) is 5.92 Å². The van der Waals surface area contributed by atoms with Crippen LogP contribution in [0.1, 0.15) is 73.1 Å². The third-order valence-corrected chi connectivity index (χ3v) is 4.48. The van der Waals surface area contributed by atoms with Crippen LogP contribution < -0.4 is 11.1 Å².